The molecule has 0 spiro atoms. The topological polar surface area (TPSA) is 109 Å². The Morgan fingerprint density at radius 1 is 1.00 bits per heavy atom. The third kappa shape index (κ3) is 6.39. The van der Waals surface area contributed by atoms with Crippen LogP contribution in [0.5, 0.6) is 23.0 Å². The first kappa shape index (κ1) is 26.9. The zero-order chi connectivity index (χ0) is 27.1. The van der Waals surface area contributed by atoms with Crippen LogP contribution < -0.4 is 9.47 Å². The van der Waals surface area contributed by atoms with Crippen molar-refractivity contribution in [3.63, 3.8) is 0 Å². The van der Waals surface area contributed by atoms with Crippen LogP contribution in [0.15, 0.2) is 89.1 Å². The van der Waals surface area contributed by atoms with E-state index < -0.39 is 0 Å². The van der Waals surface area contributed by atoms with Crippen molar-refractivity contribution in [3.05, 3.63) is 101 Å². The standard InChI is InChI=1S/C30H29NO6S/c1-36-26-16-20(8-11-22(26)32)9-12-24(34)29-25(35)18-28(21-10-13-23(33)27(17-21)37-2)38-30(29)31-15-14-19-6-4-3-5-7-19/h3-13,16-17,28,32-34H,14-15,18H2,1-2H3/b12-9+,29-24?,31-30?. The van der Waals surface area contributed by atoms with Crippen LogP contribution in [0, 0.1) is 0 Å². The van der Waals surface area contributed by atoms with Crippen LogP contribution >= 0.6 is 11.8 Å². The number of methoxy groups -OCH3 is 2. The molecule has 3 N–H and O–H groups in total. The lowest BCUT2D eigenvalue weighted by atomic mass is 10.00. The smallest absolute Gasteiger partial charge is 0.170 e. The fourth-order valence-corrected chi connectivity index (χ4v) is 5.35. The summed E-state index contributed by atoms with van der Waals surface area (Å²) < 4.78 is 10.4. The zero-order valence-electron chi connectivity index (χ0n) is 21.1. The number of carbonyl (C=O) groups excluding carboxylic acids is 1. The van der Waals surface area contributed by atoms with Gasteiger partial charge in [0.1, 0.15) is 10.8 Å². The van der Waals surface area contributed by atoms with Gasteiger partial charge in [-0.3, -0.25) is 9.79 Å². The summed E-state index contributed by atoms with van der Waals surface area (Å²) in [4.78, 5) is 18.1. The number of hydrogen-bond acceptors (Lipinski definition) is 8. The van der Waals surface area contributed by atoms with E-state index in [-0.39, 0.29) is 40.3 Å². The number of rotatable bonds is 8. The highest BCUT2D eigenvalue weighted by Gasteiger charge is 2.33. The van der Waals surface area contributed by atoms with E-state index in [4.69, 9.17) is 14.5 Å². The van der Waals surface area contributed by atoms with E-state index in [1.165, 1.54) is 38.1 Å². The Balaban J connectivity index is 1.65. The molecule has 196 valence electrons. The van der Waals surface area contributed by atoms with Crippen molar-refractivity contribution in [2.75, 3.05) is 20.8 Å². The van der Waals surface area contributed by atoms with Crippen molar-refractivity contribution < 1.29 is 29.6 Å². The highest BCUT2D eigenvalue weighted by molar-refractivity contribution is 8.14. The van der Waals surface area contributed by atoms with Crippen molar-refractivity contribution in [2.24, 2.45) is 4.99 Å². The first-order valence-corrected chi connectivity index (χ1v) is 12.9. The predicted octanol–water partition coefficient (Wildman–Crippen LogP) is 6.03. The number of Topliss-reactive ketones (excluding diaryl/α,β-unsaturated/α-hetero) is 1. The quantitative estimate of drug-likeness (QED) is 0.241. The second-order valence-corrected chi connectivity index (χ2v) is 9.80. The highest BCUT2D eigenvalue weighted by atomic mass is 32.2. The monoisotopic (exact) mass is 531 g/mol. The lowest BCUT2D eigenvalue weighted by Gasteiger charge is -2.25. The lowest BCUT2D eigenvalue weighted by molar-refractivity contribution is -0.115. The van der Waals surface area contributed by atoms with Gasteiger partial charge in [-0.25, -0.2) is 0 Å². The Morgan fingerprint density at radius 2 is 1.68 bits per heavy atom. The number of aliphatic hydroxyl groups is 1. The molecule has 3 aromatic carbocycles. The molecular weight excluding hydrogens is 502 g/mol. The van der Waals surface area contributed by atoms with Crippen molar-refractivity contribution in [3.8, 4) is 23.0 Å². The number of phenols is 2. The third-order valence-electron chi connectivity index (χ3n) is 6.09. The fourth-order valence-electron chi connectivity index (χ4n) is 4.06. The number of hydrogen-bond donors (Lipinski definition) is 3. The number of benzene rings is 3. The van der Waals surface area contributed by atoms with Crippen LogP contribution in [0.25, 0.3) is 6.08 Å². The molecule has 1 fully saturated rings. The molecule has 4 rings (SSSR count). The SMILES string of the molecule is COc1cc(/C=C/C(O)=C2C(=O)CC(c3ccc(O)c(OC)c3)SC2=NCCc2ccccc2)ccc1O. The van der Waals surface area contributed by atoms with Gasteiger partial charge in [0.2, 0.25) is 0 Å². The number of ketones is 1. The fraction of sp³-hybridized carbons (Fsp3) is 0.200. The Kier molecular flexibility index (Phi) is 8.76. The van der Waals surface area contributed by atoms with Gasteiger partial charge in [-0.2, -0.15) is 0 Å². The van der Waals surface area contributed by atoms with Gasteiger partial charge >= 0.3 is 0 Å². The zero-order valence-corrected chi connectivity index (χ0v) is 21.9. The van der Waals surface area contributed by atoms with Crippen LogP contribution in [0.1, 0.15) is 28.4 Å². The minimum absolute atomic E-state index is 0.0100. The summed E-state index contributed by atoms with van der Waals surface area (Å²) in [7, 11) is 2.93. The average molecular weight is 532 g/mol. The maximum absolute atomic E-state index is 13.4. The van der Waals surface area contributed by atoms with E-state index in [2.05, 4.69) is 0 Å². The first-order valence-electron chi connectivity index (χ1n) is 12.0. The maximum atomic E-state index is 13.4. The molecule has 1 aliphatic rings. The second-order valence-electron chi connectivity index (χ2n) is 8.61. The minimum Gasteiger partial charge on any atom is -0.507 e. The molecule has 0 radical (unpaired) electrons. The summed E-state index contributed by atoms with van der Waals surface area (Å²) in [5.74, 6) is 0.248. The summed E-state index contributed by atoms with van der Waals surface area (Å²) >= 11 is 1.40. The highest BCUT2D eigenvalue weighted by Crippen LogP contribution is 2.43. The van der Waals surface area contributed by atoms with E-state index >= 15 is 0 Å². The predicted molar refractivity (Wildman–Crippen MR) is 150 cm³/mol. The lowest BCUT2D eigenvalue weighted by Crippen LogP contribution is -2.22. The molecule has 0 amide bonds. The number of phenolic OH excluding ortho intramolecular Hbond substituents is 2. The molecule has 0 aromatic heterocycles. The molecule has 38 heavy (non-hydrogen) atoms. The number of nitrogens with zero attached hydrogens (tertiary/aromatic N) is 1. The van der Waals surface area contributed by atoms with E-state index in [0.717, 1.165) is 11.1 Å². The molecule has 1 aliphatic heterocycles. The van der Waals surface area contributed by atoms with Crippen LogP contribution in [0.2, 0.25) is 0 Å². The molecule has 3 aromatic rings. The van der Waals surface area contributed by atoms with Gasteiger partial charge in [-0.05, 0) is 53.5 Å². The number of carbonyl (C=O) groups is 1. The molecule has 0 saturated carbocycles. The molecule has 7 nitrogen and oxygen atoms in total. The first-order chi connectivity index (χ1) is 18.4. The van der Waals surface area contributed by atoms with Gasteiger partial charge in [0.25, 0.3) is 0 Å². The minimum atomic E-state index is -0.255. The molecule has 0 aliphatic carbocycles. The molecule has 0 bridgehead atoms. The van der Waals surface area contributed by atoms with Crippen molar-refractivity contribution in [2.45, 2.75) is 18.1 Å². The molecule has 1 saturated heterocycles. The molecule has 1 unspecified atom stereocenters. The summed E-state index contributed by atoms with van der Waals surface area (Å²) in [5.41, 5.74) is 2.80. The van der Waals surface area contributed by atoms with Crippen molar-refractivity contribution in [1.82, 2.24) is 0 Å². The van der Waals surface area contributed by atoms with Gasteiger partial charge in [0.05, 0.1) is 19.8 Å². The van der Waals surface area contributed by atoms with Gasteiger partial charge in [0.15, 0.2) is 28.8 Å². The second kappa shape index (κ2) is 12.4. The molecule has 1 heterocycles. The number of aliphatic hydroxyl groups excluding tert-OH is 1. The van der Waals surface area contributed by atoms with Gasteiger partial charge in [-0.15, -0.1) is 0 Å². The summed E-state index contributed by atoms with van der Waals surface area (Å²) in [6.45, 7) is 0.445. The number of ether oxygens (including phenoxy) is 2. The Labute approximate surface area is 225 Å². The summed E-state index contributed by atoms with van der Waals surface area (Å²) in [6.07, 6.45) is 3.93. The summed E-state index contributed by atoms with van der Waals surface area (Å²) in [5, 5.41) is 31.0. The number of thioether (sulfide) groups is 1. The van der Waals surface area contributed by atoms with E-state index in [0.29, 0.717) is 35.1 Å². The number of aliphatic imine (C=N–C) groups is 1. The van der Waals surface area contributed by atoms with Crippen LogP contribution in [-0.2, 0) is 11.2 Å². The van der Waals surface area contributed by atoms with E-state index in [1.807, 2.05) is 30.3 Å². The van der Waals surface area contributed by atoms with Crippen molar-refractivity contribution >= 4 is 28.7 Å². The molecular formula is C30H29NO6S. The van der Waals surface area contributed by atoms with Crippen LogP contribution in [-0.4, -0.2) is 46.9 Å². The molecule has 8 heteroatoms. The van der Waals surface area contributed by atoms with E-state index in [1.54, 1.807) is 36.4 Å². The Bertz CT molecular complexity index is 1400. The maximum Gasteiger partial charge on any atom is 0.170 e. The van der Waals surface area contributed by atoms with E-state index in [9.17, 15) is 20.1 Å². The normalized spacial score (nSPS) is 18.1. The number of allylic oxidation sites excluding steroid dienone is 1. The van der Waals surface area contributed by atoms with Crippen LogP contribution in [0.4, 0.5) is 0 Å². The largest absolute Gasteiger partial charge is 0.507 e. The van der Waals surface area contributed by atoms with Gasteiger partial charge < -0.3 is 24.8 Å². The summed E-state index contributed by atoms with van der Waals surface area (Å²) in [6, 6.07) is 19.8. The Morgan fingerprint density at radius 3 is 2.39 bits per heavy atom. The molecule has 1 atom stereocenters. The Hall–Kier alpha value is -4.17. The van der Waals surface area contributed by atoms with Crippen molar-refractivity contribution in [1.29, 1.82) is 0 Å². The van der Waals surface area contributed by atoms with Gasteiger partial charge in [0, 0.05) is 18.2 Å². The number of aromatic hydroxyl groups is 2. The average Bonchev–Trinajstić information content (AvgIpc) is 2.93. The van der Waals surface area contributed by atoms with Crippen LogP contribution in [0.3, 0.4) is 0 Å². The third-order valence-corrected chi connectivity index (χ3v) is 7.37. The van der Waals surface area contributed by atoms with Gasteiger partial charge in [-0.1, -0.05) is 60.3 Å².